The summed E-state index contributed by atoms with van der Waals surface area (Å²) < 4.78 is 0. The molecule has 2 aromatic heterocycles. The van der Waals surface area contributed by atoms with E-state index in [1.807, 2.05) is 18.3 Å². The number of fused-ring (bicyclic) bond motifs is 3. The fourth-order valence-electron chi connectivity index (χ4n) is 3.02. The van der Waals surface area contributed by atoms with Crippen LogP contribution in [0.1, 0.15) is 34.7 Å². The first-order valence-corrected chi connectivity index (χ1v) is 9.37. The van der Waals surface area contributed by atoms with Crippen molar-refractivity contribution >= 4 is 33.3 Å². The molecule has 0 spiro atoms. The topological polar surface area (TPSA) is 25.8 Å². The van der Waals surface area contributed by atoms with Gasteiger partial charge in [-0.15, -0.1) is 11.3 Å². The van der Waals surface area contributed by atoms with Crippen molar-refractivity contribution in [1.29, 1.82) is 0 Å². The zero-order valence-corrected chi connectivity index (χ0v) is 14.5. The summed E-state index contributed by atoms with van der Waals surface area (Å²) in [7, 11) is 0. The fraction of sp³-hybridized carbons (Fsp3) is 0.333. The van der Waals surface area contributed by atoms with Crippen LogP contribution in [-0.4, -0.2) is 9.97 Å². The Bertz CT molecular complexity index is 834. The summed E-state index contributed by atoms with van der Waals surface area (Å²) in [5, 5.41) is 2.45. The summed E-state index contributed by atoms with van der Waals surface area (Å²) in [6.45, 7) is 4.12. The van der Waals surface area contributed by atoms with Gasteiger partial charge in [0.05, 0.1) is 0 Å². The second-order valence-corrected chi connectivity index (χ2v) is 8.03. The van der Waals surface area contributed by atoms with Crippen LogP contribution in [0.2, 0.25) is 0 Å². The highest BCUT2D eigenvalue weighted by Gasteiger charge is 2.20. The Morgan fingerprint density at radius 2 is 1.77 bits per heavy atom. The van der Waals surface area contributed by atoms with E-state index in [1.54, 1.807) is 11.8 Å². The first kappa shape index (κ1) is 14.2. The number of hydrogen-bond acceptors (Lipinski definition) is 4. The highest BCUT2D eigenvalue weighted by atomic mass is 32.2. The lowest BCUT2D eigenvalue weighted by molar-refractivity contribution is 0.699. The number of nitrogens with zero attached hydrogens (tertiary/aromatic N) is 2. The summed E-state index contributed by atoms with van der Waals surface area (Å²) in [6, 6.07) is 8.69. The zero-order chi connectivity index (χ0) is 15.1. The smallest absolute Gasteiger partial charge is 0.128 e. The summed E-state index contributed by atoms with van der Waals surface area (Å²) in [6.07, 6.45) is 5.00. The van der Waals surface area contributed by atoms with Gasteiger partial charge in [-0.3, -0.25) is 0 Å². The molecule has 1 aliphatic carbocycles. The van der Waals surface area contributed by atoms with Crippen molar-refractivity contribution in [2.24, 2.45) is 0 Å². The Balaban J connectivity index is 1.85. The standard InChI is InChI=1S/C18H18N2S2/c1-11-7-9-13(10-8-11)21-17-16-14-5-3-4-6-15(14)22-18(16)20-12(2)19-17/h7-10H,3-6H2,1-2H3. The van der Waals surface area contributed by atoms with Gasteiger partial charge >= 0.3 is 0 Å². The molecule has 0 bridgehead atoms. The van der Waals surface area contributed by atoms with Crippen LogP contribution >= 0.6 is 23.1 Å². The van der Waals surface area contributed by atoms with Gasteiger partial charge in [0.15, 0.2) is 0 Å². The molecule has 2 heterocycles. The molecule has 0 fully saturated rings. The third kappa shape index (κ3) is 2.55. The molecule has 0 saturated heterocycles. The summed E-state index contributed by atoms with van der Waals surface area (Å²) >= 11 is 3.65. The first-order chi connectivity index (χ1) is 10.7. The lowest BCUT2D eigenvalue weighted by Crippen LogP contribution is -1.99. The van der Waals surface area contributed by atoms with Crippen LogP contribution in [0.4, 0.5) is 0 Å². The molecule has 1 aliphatic rings. The van der Waals surface area contributed by atoms with Crippen LogP contribution in [0, 0.1) is 13.8 Å². The van der Waals surface area contributed by atoms with Gasteiger partial charge in [-0.1, -0.05) is 29.5 Å². The molecular formula is C18H18N2S2. The number of thiophene rings is 1. The molecule has 0 unspecified atom stereocenters. The normalized spacial score (nSPS) is 14.3. The van der Waals surface area contributed by atoms with Crippen LogP contribution in [0.15, 0.2) is 34.2 Å². The molecule has 0 N–H and O–H groups in total. The lowest BCUT2D eigenvalue weighted by atomic mass is 9.97. The Labute approximate surface area is 139 Å². The number of hydrogen-bond donors (Lipinski definition) is 0. The second kappa shape index (κ2) is 5.67. The SMILES string of the molecule is Cc1ccc(Sc2nc(C)nc3sc4c(c23)CCCC4)cc1. The van der Waals surface area contributed by atoms with Gasteiger partial charge < -0.3 is 0 Å². The Hall–Kier alpha value is -1.39. The van der Waals surface area contributed by atoms with Crippen molar-refractivity contribution in [1.82, 2.24) is 9.97 Å². The largest absolute Gasteiger partial charge is 0.226 e. The van der Waals surface area contributed by atoms with Crippen molar-refractivity contribution in [3.63, 3.8) is 0 Å². The van der Waals surface area contributed by atoms with Crippen LogP contribution in [0.3, 0.4) is 0 Å². The molecule has 3 aromatic rings. The van der Waals surface area contributed by atoms with Gasteiger partial charge in [0, 0.05) is 15.2 Å². The number of aromatic nitrogens is 2. The van der Waals surface area contributed by atoms with Crippen molar-refractivity contribution < 1.29 is 0 Å². The molecule has 22 heavy (non-hydrogen) atoms. The minimum absolute atomic E-state index is 0.876. The van der Waals surface area contributed by atoms with Crippen LogP contribution < -0.4 is 0 Å². The minimum atomic E-state index is 0.876. The molecule has 0 radical (unpaired) electrons. The van der Waals surface area contributed by atoms with E-state index in [0.29, 0.717) is 0 Å². The van der Waals surface area contributed by atoms with Crippen molar-refractivity contribution in [3.8, 4) is 0 Å². The van der Waals surface area contributed by atoms with E-state index in [2.05, 4.69) is 31.2 Å². The molecule has 0 aliphatic heterocycles. The predicted molar refractivity (Wildman–Crippen MR) is 94.1 cm³/mol. The average Bonchev–Trinajstić information content (AvgIpc) is 2.87. The number of rotatable bonds is 2. The van der Waals surface area contributed by atoms with Crippen LogP contribution in [0.25, 0.3) is 10.2 Å². The fourth-order valence-corrected chi connectivity index (χ4v) is 5.38. The van der Waals surface area contributed by atoms with E-state index in [-0.39, 0.29) is 0 Å². The molecule has 2 nitrogen and oxygen atoms in total. The number of benzene rings is 1. The molecule has 0 atom stereocenters. The van der Waals surface area contributed by atoms with Gasteiger partial charge in [-0.25, -0.2) is 9.97 Å². The molecule has 4 rings (SSSR count). The lowest BCUT2D eigenvalue weighted by Gasteiger charge is -2.11. The van der Waals surface area contributed by atoms with Crippen LogP contribution in [-0.2, 0) is 12.8 Å². The van der Waals surface area contributed by atoms with E-state index in [9.17, 15) is 0 Å². The Kier molecular flexibility index (Phi) is 3.66. The highest BCUT2D eigenvalue weighted by molar-refractivity contribution is 7.99. The predicted octanol–water partition coefficient (Wildman–Crippen LogP) is 5.34. The quantitative estimate of drug-likeness (QED) is 0.595. The average molecular weight is 326 g/mol. The van der Waals surface area contributed by atoms with Gasteiger partial charge in [0.1, 0.15) is 15.7 Å². The maximum atomic E-state index is 4.76. The highest BCUT2D eigenvalue weighted by Crippen LogP contribution is 2.41. The van der Waals surface area contributed by atoms with Crippen molar-refractivity contribution in [2.45, 2.75) is 49.5 Å². The molecule has 112 valence electrons. The van der Waals surface area contributed by atoms with Crippen molar-refractivity contribution in [2.75, 3.05) is 0 Å². The summed E-state index contributed by atoms with van der Waals surface area (Å²) in [5.41, 5.74) is 2.81. The number of aryl methyl sites for hydroxylation is 4. The third-order valence-electron chi connectivity index (χ3n) is 4.13. The van der Waals surface area contributed by atoms with Gasteiger partial charge in [-0.2, -0.15) is 0 Å². The van der Waals surface area contributed by atoms with E-state index in [0.717, 1.165) is 10.9 Å². The van der Waals surface area contributed by atoms with E-state index in [1.165, 1.54) is 56.8 Å². The van der Waals surface area contributed by atoms with Crippen LogP contribution in [0.5, 0.6) is 0 Å². The van der Waals surface area contributed by atoms with Gasteiger partial charge in [0.25, 0.3) is 0 Å². The molecule has 0 amide bonds. The summed E-state index contributed by atoms with van der Waals surface area (Å²) in [5.74, 6) is 0.876. The van der Waals surface area contributed by atoms with E-state index in [4.69, 9.17) is 9.97 Å². The monoisotopic (exact) mass is 326 g/mol. The van der Waals surface area contributed by atoms with E-state index >= 15 is 0 Å². The zero-order valence-electron chi connectivity index (χ0n) is 12.8. The maximum absolute atomic E-state index is 4.76. The van der Waals surface area contributed by atoms with Crippen molar-refractivity contribution in [3.05, 3.63) is 46.1 Å². The van der Waals surface area contributed by atoms with E-state index < -0.39 is 0 Å². The molecule has 1 aromatic carbocycles. The third-order valence-corrected chi connectivity index (χ3v) is 6.31. The minimum Gasteiger partial charge on any atom is -0.226 e. The van der Waals surface area contributed by atoms with Gasteiger partial charge in [0.2, 0.25) is 0 Å². The molecule has 0 saturated carbocycles. The first-order valence-electron chi connectivity index (χ1n) is 7.74. The molecular weight excluding hydrogens is 308 g/mol. The summed E-state index contributed by atoms with van der Waals surface area (Å²) in [4.78, 5) is 13.4. The molecule has 4 heteroatoms. The van der Waals surface area contributed by atoms with Gasteiger partial charge in [-0.05, 0) is 57.2 Å². The Morgan fingerprint density at radius 3 is 2.59 bits per heavy atom. The Morgan fingerprint density at radius 1 is 1.00 bits per heavy atom. The maximum Gasteiger partial charge on any atom is 0.128 e. The second-order valence-electron chi connectivity index (χ2n) is 5.88.